The summed E-state index contributed by atoms with van der Waals surface area (Å²) in [6.45, 7) is 5.87. The number of halogens is 2. The number of hydrogen-bond donors (Lipinski definition) is 1. The highest BCUT2D eigenvalue weighted by molar-refractivity contribution is 6.00. The van der Waals surface area contributed by atoms with E-state index in [0.717, 1.165) is 10.6 Å². The first-order chi connectivity index (χ1) is 18.8. The van der Waals surface area contributed by atoms with Gasteiger partial charge < -0.3 is 14.5 Å². The van der Waals surface area contributed by atoms with Gasteiger partial charge in [0.1, 0.15) is 11.6 Å². The molecule has 4 heterocycles. The Kier molecular flexibility index (Phi) is 6.87. The fraction of sp³-hybridized carbons (Fsp3) is 0.556. The van der Waals surface area contributed by atoms with Gasteiger partial charge in [0.15, 0.2) is 0 Å². The molecule has 2 fully saturated rings. The minimum absolute atomic E-state index is 0.0370. The number of nitrogens with one attached hydrogen (secondary N) is 1. The number of anilines is 1. The van der Waals surface area contributed by atoms with Crippen LogP contribution in [0.5, 0.6) is 0 Å². The number of fused-ring (bicyclic) bond motifs is 1. The monoisotopic (exact) mass is 560 g/mol. The highest BCUT2D eigenvalue weighted by Crippen LogP contribution is 2.35. The van der Waals surface area contributed by atoms with E-state index < -0.39 is 36.1 Å². The van der Waals surface area contributed by atoms with Gasteiger partial charge in [0.2, 0.25) is 11.8 Å². The second-order valence-electron chi connectivity index (χ2n) is 11.5. The number of imidazole rings is 1. The van der Waals surface area contributed by atoms with Gasteiger partial charge in [-0.15, -0.1) is 0 Å². The zero-order valence-electron chi connectivity index (χ0n) is 23.1. The summed E-state index contributed by atoms with van der Waals surface area (Å²) in [6.07, 6.45) is 1.02. The number of para-hydroxylation sites is 1. The minimum atomic E-state index is -3.22. The van der Waals surface area contributed by atoms with Crippen molar-refractivity contribution < 1.29 is 27.9 Å². The number of amides is 3. The molecule has 40 heavy (non-hydrogen) atoms. The van der Waals surface area contributed by atoms with Crippen LogP contribution in [0.2, 0.25) is 0 Å². The van der Waals surface area contributed by atoms with Crippen LogP contribution in [0.3, 0.4) is 0 Å². The normalized spacial score (nSPS) is 21.9. The number of ether oxygens (including phenoxy) is 1. The van der Waals surface area contributed by atoms with Crippen LogP contribution >= 0.6 is 0 Å². The number of piperidine rings is 1. The molecule has 0 saturated carbocycles. The predicted molar refractivity (Wildman–Crippen MR) is 143 cm³/mol. The van der Waals surface area contributed by atoms with Crippen LogP contribution in [0.15, 0.2) is 34.8 Å². The smallest absolute Gasteiger partial charge is 0.410 e. The third kappa shape index (κ3) is 5.04. The van der Waals surface area contributed by atoms with Gasteiger partial charge in [-0.2, -0.15) is 8.78 Å². The molecule has 2 saturated heterocycles. The van der Waals surface area contributed by atoms with E-state index in [-0.39, 0.29) is 36.7 Å². The average molecular weight is 561 g/mol. The lowest BCUT2D eigenvalue weighted by Crippen LogP contribution is -2.54. The molecule has 13 heteroatoms. The number of imide groups is 1. The Morgan fingerprint density at radius 3 is 2.38 bits per heavy atom. The van der Waals surface area contributed by atoms with Crippen LogP contribution < -0.4 is 15.9 Å². The second kappa shape index (κ2) is 9.93. The van der Waals surface area contributed by atoms with Gasteiger partial charge in [0.05, 0.1) is 29.0 Å². The lowest BCUT2D eigenvalue weighted by Gasteiger charge is -2.43. The van der Waals surface area contributed by atoms with Crippen molar-refractivity contribution >= 4 is 34.6 Å². The maximum absolute atomic E-state index is 15.2. The molecule has 11 nitrogen and oxygen atoms in total. The Morgan fingerprint density at radius 2 is 1.75 bits per heavy atom. The van der Waals surface area contributed by atoms with Crippen LogP contribution in [0.4, 0.5) is 19.3 Å². The molecular weight excluding hydrogens is 526 g/mol. The quantitative estimate of drug-likeness (QED) is 0.574. The Labute approximate surface area is 229 Å². The van der Waals surface area contributed by atoms with Crippen molar-refractivity contribution in [3.05, 3.63) is 40.5 Å². The summed E-state index contributed by atoms with van der Waals surface area (Å²) in [5, 5.41) is 2.31. The second-order valence-corrected chi connectivity index (χ2v) is 11.5. The van der Waals surface area contributed by atoms with Gasteiger partial charge in [0, 0.05) is 46.2 Å². The van der Waals surface area contributed by atoms with Gasteiger partial charge in [0.25, 0.3) is 0 Å². The zero-order chi connectivity index (χ0) is 29.0. The van der Waals surface area contributed by atoms with Crippen molar-refractivity contribution in [1.82, 2.24) is 24.3 Å². The number of nitrogens with zero attached hydrogens (tertiary/aromatic N) is 5. The van der Waals surface area contributed by atoms with Gasteiger partial charge in [-0.1, -0.05) is 6.07 Å². The molecule has 3 aliphatic rings. The Morgan fingerprint density at radius 1 is 1.07 bits per heavy atom. The van der Waals surface area contributed by atoms with Crippen LogP contribution in [0.1, 0.15) is 39.7 Å². The maximum Gasteiger partial charge on any atom is 0.410 e. The molecule has 1 aromatic carbocycles. The highest BCUT2D eigenvalue weighted by atomic mass is 19.3. The maximum atomic E-state index is 15.2. The molecule has 1 N–H and O–H groups in total. The zero-order valence-corrected chi connectivity index (χ0v) is 23.1. The summed E-state index contributed by atoms with van der Waals surface area (Å²) < 4.78 is 38.6. The first kappa shape index (κ1) is 27.7. The van der Waals surface area contributed by atoms with Gasteiger partial charge in [-0.05, 0) is 45.4 Å². The third-order valence-electron chi connectivity index (χ3n) is 7.49. The molecule has 5 rings (SSSR count). The molecule has 216 valence electrons. The summed E-state index contributed by atoms with van der Waals surface area (Å²) in [5.74, 6) is -4.08. The molecule has 2 aromatic rings. The number of benzene rings is 1. The summed E-state index contributed by atoms with van der Waals surface area (Å²) in [6, 6.07) is 4.65. The largest absolute Gasteiger partial charge is 0.444 e. The van der Waals surface area contributed by atoms with Crippen LogP contribution in [0.25, 0.3) is 11.0 Å². The van der Waals surface area contributed by atoms with Crippen LogP contribution in [-0.2, 0) is 21.4 Å². The SMILES string of the molecule is Cn1c(=O)n(C2CCC(=O)NC2=O)c2cccc(N3CCN(C4=CCN(C(=O)OC(C)(C)C)CC4(F)F)CC3)c21. The molecule has 3 amide bonds. The first-order valence-corrected chi connectivity index (χ1v) is 13.4. The fourth-order valence-electron chi connectivity index (χ4n) is 5.65. The first-order valence-electron chi connectivity index (χ1n) is 13.4. The number of rotatable bonds is 3. The lowest BCUT2D eigenvalue weighted by molar-refractivity contribution is -0.135. The molecule has 0 radical (unpaired) electrons. The van der Waals surface area contributed by atoms with E-state index >= 15 is 8.78 Å². The van der Waals surface area contributed by atoms with E-state index in [9.17, 15) is 19.2 Å². The number of carbonyl (C=O) groups excluding carboxylic acids is 3. The number of carbonyl (C=O) groups is 3. The van der Waals surface area contributed by atoms with Crippen molar-refractivity contribution in [2.45, 2.75) is 51.2 Å². The fourth-order valence-corrected chi connectivity index (χ4v) is 5.65. The number of piperazine rings is 1. The molecule has 1 unspecified atom stereocenters. The number of alkyl halides is 2. The minimum Gasteiger partial charge on any atom is -0.444 e. The van der Waals surface area contributed by atoms with Crippen LogP contribution in [0, 0.1) is 0 Å². The molecule has 0 aliphatic carbocycles. The predicted octanol–water partition coefficient (Wildman–Crippen LogP) is 2.21. The van der Waals surface area contributed by atoms with Crippen molar-refractivity contribution in [3.63, 3.8) is 0 Å². The number of aromatic nitrogens is 2. The lowest BCUT2D eigenvalue weighted by atomic mass is 10.1. The van der Waals surface area contributed by atoms with Crippen LogP contribution in [-0.4, -0.2) is 87.6 Å². The van der Waals surface area contributed by atoms with Gasteiger partial charge >= 0.3 is 17.7 Å². The summed E-state index contributed by atoms with van der Waals surface area (Å²) in [5.41, 5.74) is 0.746. The van der Waals surface area contributed by atoms with Crippen molar-refractivity contribution in [3.8, 4) is 0 Å². The topological polar surface area (TPSA) is 109 Å². The standard InChI is InChI=1S/C27H34F2N6O5/c1-26(2,3)40-25(39)34-11-10-20(27(28,29)16-34)33-14-12-32(13-15-33)17-6-5-7-18-22(17)31(4)24(38)35(18)19-8-9-21(36)30-23(19)37/h5-7,10,19H,8-9,11-16H2,1-4H3,(H,30,36,37). The van der Waals surface area contributed by atoms with E-state index in [1.807, 2.05) is 11.0 Å². The summed E-state index contributed by atoms with van der Waals surface area (Å²) in [4.78, 5) is 54.5. The van der Waals surface area contributed by atoms with E-state index in [0.29, 0.717) is 37.2 Å². The average Bonchev–Trinajstić information content (AvgIpc) is 3.12. The van der Waals surface area contributed by atoms with Crippen molar-refractivity contribution in [2.24, 2.45) is 7.05 Å². The third-order valence-corrected chi connectivity index (χ3v) is 7.49. The van der Waals surface area contributed by atoms with E-state index in [1.54, 1.807) is 44.9 Å². The van der Waals surface area contributed by atoms with E-state index in [4.69, 9.17) is 4.74 Å². The molecule has 0 bridgehead atoms. The van der Waals surface area contributed by atoms with E-state index in [2.05, 4.69) is 5.32 Å². The molecule has 3 aliphatic heterocycles. The molecular formula is C27H34F2N6O5. The highest BCUT2D eigenvalue weighted by Gasteiger charge is 2.45. The molecule has 1 atom stereocenters. The van der Waals surface area contributed by atoms with Gasteiger partial charge in [-0.25, -0.2) is 9.59 Å². The number of hydrogen-bond acceptors (Lipinski definition) is 7. The Balaban J connectivity index is 1.34. The summed E-state index contributed by atoms with van der Waals surface area (Å²) in [7, 11) is 1.64. The van der Waals surface area contributed by atoms with Crippen molar-refractivity contribution in [2.75, 3.05) is 44.2 Å². The molecule has 0 spiro atoms. The Hall–Kier alpha value is -3.90. The number of aryl methyl sites for hydroxylation is 1. The Bertz CT molecular complexity index is 1450. The summed E-state index contributed by atoms with van der Waals surface area (Å²) >= 11 is 0. The van der Waals surface area contributed by atoms with Gasteiger partial charge in [-0.3, -0.25) is 28.9 Å². The van der Waals surface area contributed by atoms with E-state index in [1.165, 1.54) is 15.2 Å². The molecule has 1 aromatic heterocycles. The van der Waals surface area contributed by atoms with Crippen molar-refractivity contribution in [1.29, 1.82) is 0 Å².